The van der Waals surface area contributed by atoms with Crippen molar-refractivity contribution in [2.75, 3.05) is 6.54 Å². The topological polar surface area (TPSA) is 42.3 Å². The van der Waals surface area contributed by atoms with Crippen molar-refractivity contribution in [2.45, 2.75) is 50.6 Å². The smallest absolute Gasteiger partial charge is 0.243 e. The van der Waals surface area contributed by atoms with Crippen LogP contribution in [0.25, 0.3) is 0 Å². The van der Waals surface area contributed by atoms with Crippen molar-refractivity contribution in [3.8, 4) is 0 Å². The first-order chi connectivity index (χ1) is 10.7. The van der Waals surface area contributed by atoms with Gasteiger partial charge in [-0.1, -0.05) is 32.9 Å². The molecule has 23 heavy (non-hydrogen) atoms. The Labute approximate surface area is 138 Å². The lowest BCUT2D eigenvalue weighted by Gasteiger charge is -2.34. The quantitative estimate of drug-likeness (QED) is 0.844. The Balaban J connectivity index is 1.93. The molecule has 1 aromatic heterocycles. The van der Waals surface area contributed by atoms with Gasteiger partial charge in [0, 0.05) is 25.0 Å². The largest absolute Gasteiger partial charge is 0.349 e. The van der Waals surface area contributed by atoms with Crippen LogP contribution in [0.5, 0.6) is 0 Å². The van der Waals surface area contributed by atoms with Gasteiger partial charge >= 0.3 is 0 Å². The highest BCUT2D eigenvalue weighted by molar-refractivity contribution is 7.89. The highest BCUT2D eigenvalue weighted by Crippen LogP contribution is 2.32. The Morgan fingerprint density at radius 2 is 1.70 bits per heavy atom. The van der Waals surface area contributed by atoms with Gasteiger partial charge in [0.1, 0.15) is 0 Å². The molecule has 0 bridgehead atoms. The number of nitrogens with zero attached hydrogens (tertiary/aromatic N) is 2. The maximum atomic E-state index is 13.0. The van der Waals surface area contributed by atoms with Crippen molar-refractivity contribution < 1.29 is 8.42 Å². The molecule has 1 atom stereocenters. The Morgan fingerprint density at radius 3 is 2.30 bits per heavy atom. The van der Waals surface area contributed by atoms with Crippen LogP contribution in [-0.4, -0.2) is 23.8 Å². The van der Waals surface area contributed by atoms with E-state index in [1.807, 2.05) is 37.4 Å². The molecule has 124 valence electrons. The lowest BCUT2D eigenvalue weighted by molar-refractivity contribution is 0.282. The fourth-order valence-corrected chi connectivity index (χ4v) is 4.75. The third kappa shape index (κ3) is 2.83. The molecule has 1 aliphatic heterocycles. The molecule has 3 rings (SSSR count). The average Bonchev–Trinajstić information content (AvgIpc) is 2.96. The number of hydrogen-bond acceptors (Lipinski definition) is 2. The summed E-state index contributed by atoms with van der Waals surface area (Å²) >= 11 is 0. The summed E-state index contributed by atoms with van der Waals surface area (Å²) in [5, 5.41) is 0. The maximum Gasteiger partial charge on any atom is 0.243 e. The standard InChI is InChI=1S/C18H24N2O2S/c1-14-17-6-5-11-19(17)12-13-20(14)23(21,22)16-9-7-15(8-10-16)18(2,3)4/h5-11,14H,12-13H2,1-4H3. The van der Waals surface area contributed by atoms with Gasteiger partial charge in [-0.25, -0.2) is 8.42 Å². The monoisotopic (exact) mass is 332 g/mol. The van der Waals surface area contributed by atoms with Crippen molar-refractivity contribution in [3.63, 3.8) is 0 Å². The molecule has 2 aromatic rings. The first-order valence-electron chi connectivity index (χ1n) is 7.99. The molecule has 0 amide bonds. The van der Waals surface area contributed by atoms with E-state index < -0.39 is 10.0 Å². The predicted octanol–water partition coefficient (Wildman–Crippen LogP) is 3.55. The minimum Gasteiger partial charge on any atom is -0.349 e. The molecule has 0 spiro atoms. The first kappa shape index (κ1) is 16.3. The Hall–Kier alpha value is -1.59. The fourth-order valence-electron chi connectivity index (χ4n) is 3.15. The average molecular weight is 332 g/mol. The van der Waals surface area contributed by atoms with Crippen molar-refractivity contribution in [2.24, 2.45) is 0 Å². The van der Waals surface area contributed by atoms with Crippen LogP contribution in [0.2, 0.25) is 0 Å². The number of aromatic nitrogens is 1. The number of sulfonamides is 1. The zero-order valence-electron chi connectivity index (χ0n) is 14.2. The third-order valence-corrected chi connectivity index (χ3v) is 6.60. The molecule has 1 aliphatic rings. The summed E-state index contributed by atoms with van der Waals surface area (Å²) in [5.41, 5.74) is 2.20. The van der Waals surface area contributed by atoms with Gasteiger partial charge in [-0.2, -0.15) is 4.31 Å². The zero-order chi connectivity index (χ0) is 16.8. The molecule has 0 saturated carbocycles. The minimum absolute atomic E-state index is 0.0154. The SMILES string of the molecule is CC1c2cccn2CCN1S(=O)(=O)c1ccc(C(C)(C)C)cc1. The van der Waals surface area contributed by atoms with E-state index >= 15 is 0 Å². The van der Waals surface area contributed by atoms with E-state index in [1.165, 1.54) is 0 Å². The number of benzene rings is 1. The van der Waals surface area contributed by atoms with Gasteiger partial charge in [-0.15, -0.1) is 0 Å². The molecular weight excluding hydrogens is 308 g/mol. The second-order valence-electron chi connectivity index (χ2n) is 7.19. The molecule has 2 heterocycles. The van der Waals surface area contributed by atoms with Crippen LogP contribution in [0.3, 0.4) is 0 Å². The summed E-state index contributed by atoms with van der Waals surface area (Å²) in [6, 6.07) is 11.1. The van der Waals surface area contributed by atoms with Gasteiger partial charge in [0.2, 0.25) is 10.0 Å². The summed E-state index contributed by atoms with van der Waals surface area (Å²) in [6.45, 7) is 9.52. The van der Waals surface area contributed by atoms with Gasteiger partial charge < -0.3 is 4.57 Å². The zero-order valence-corrected chi connectivity index (χ0v) is 15.0. The van der Waals surface area contributed by atoms with E-state index in [-0.39, 0.29) is 11.5 Å². The molecule has 0 aliphatic carbocycles. The minimum atomic E-state index is -3.47. The molecule has 4 nitrogen and oxygen atoms in total. The molecule has 1 unspecified atom stereocenters. The highest BCUT2D eigenvalue weighted by Gasteiger charge is 2.33. The van der Waals surface area contributed by atoms with Crippen LogP contribution in [0.4, 0.5) is 0 Å². The van der Waals surface area contributed by atoms with Crippen molar-refractivity contribution in [1.82, 2.24) is 8.87 Å². The van der Waals surface area contributed by atoms with Crippen molar-refractivity contribution in [1.29, 1.82) is 0 Å². The van der Waals surface area contributed by atoms with E-state index in [1.54, 1.807) is 16.4 Å². The van der Waals surface area contributed by atoms with Gasteiger partial charge in [0.15, 0.2) is 0 Å². The summed E-state index contributed by atoms with van der Waals surface area (Å²) in [4.78, 5) is 0.373. The molecule has 0 saturated heterocycles. The summed E-state index contributed by atoms with van der Waals surface area (Å²) in [6.07, 6.45) is 2.01. The number of rotatable bonds is 2. The van der Waals surface area contributed by atoms with E-state index in [2.05, 4.69) is 25.3 Å². The molecule has 1 aromatic carbocycles. The van der Waals surface area contributed by atoms with Gasteiger partial charge in [-0.3, -0.25) is 0 Å². The lowest BCUT2D eigenvalue weighted by atomic mass is 9.87. The molecule has 0 N–H and O–H groups in total. The van der Waals surface area contributed by atoms with Crippen LogP contribution in [0, 0.1) is 0 Å². The normalized spacial score (nSPS) is 19.6. The van der Waals surface area contributed by atoms with Crippen LogP contribution in [0.15, 0.2) is 47.5 Å². The molecule has 5 heteroatoms. The summed E-state index contributed by atoms with van der Waals surface area (Å²) in [5.74, 6) is 0. The van der Waals surface area contributed by atoms with Crippen molar-refractivity contribution >= 4 is 10.0 Å². The molecule has 0 fully saturated rings. The number of hydrogen-bond donors (Lipinski definition) is 0. The Bertz CT molecular complexity index is 798. The van der Waals surface area contributed by atoms with E-state index in [9.17, 15) is 8.42 Å². The number of fused-ring (bicyclic) bond motifs is 1. The van der Waals surface area contributed by atoms with E-state index in [0.29, 0.717) is 18.0 Å². The molecular formula is C18H24N2O2S. The second-order valence-corrected chi connectivity index (χ2v) is 9.08. The lowest BCUT2D eigenvalue weighted by Crippen LogP contribution is -2.40. The fraction of sp³-hybridized carbons (Fsp3) is 0.444. The van der Waals surface area contributed by atoms with E-state index in [0.717, 1.165) is 11.3 Å². The van der Waals surface area contributed by atoms with E-state index in [4.69, 9.17) is 0 Å². The second kappa shape index (κ2) is 5.49. The Morgan fingerprint density at radius 1 is 1.04 bits per heavy atom. The van der Waals surface area contributed by atoms with Gasteiger partial charge in [0.25, 0.3) is 0 Å². The third-order valence-electron chi connectivity index (χ3n) is 4.61. The molecule has 0 radical (unpaired) electrons. The van der Waals surface area contributed by atoms with Crippen LogP contribution in [-0.2, 0) is 22.0 Å². The van der Waals surface area contributed by atoms with Gasteiger partial charge in [0.05, 0.1) is 10.9 Å². The van der Waals surface area contributed by atoms with Crippen LogP contribution in [0.1, 0.15) is 45.0 Å². The maximum absolute atomic E-state index is 13.0. The van der Waals surface area contributed by atoms with Crippen LogP contribution < -0.4 is 0 Å². The summed E-state index contributed by atoms with van der Waals surface area (Å²) < 4.78 is 29.7. The van der Waals surface area contributed by atoms with Crippen molar-refractivity contribution in [3.05, 3.63) is 53.9 Å². The van der Waals surface area contributed by atoms with Crippen LogP contribution >= 0.6 is 0 Å². The Kier molecular flexibility index (Phi) is 3.89. The summed E-state index contributed by atoms with van der Waals surface area (Å²) in [7, 11) is -3.47. The first-order valence-corrected chi connectivity index (χ1v) is 9.43. The van der Waals surface area contributed by atoms with Gasteiger partial charge in [-0.05, 0) is 42.2 Å². The predicted molar refractivity (Wildman–Crippen MR) is 91.9 cm³/mol. The highest BCUT2D eigenvalue weighted by atomic mass is 32.2.